The van der Waals surface area contributed by atoms with E-state index in [4.69, 9.17) is 4.74 Å². The molecule has 164 valence electrons. The van der Waals surface area contributed by atoms with Gasteiger partial charge in [-0.15, -0.1) is 0 Å². The maximum absolute atomic E-state index is 13.1. The van der Waals surface area contributed by atoms with Gasteiger partial charge in [0.05, 0.1) is 11.3 Å². The van der Waals surface area contributed by atoms with Crippen LogP contribution in [-0.2, 0) is 0 Å². The predicted molar refractivity (Wildman–Crippen MR) is 117 cm³/mol. The van der Waals surface area contributed by atoms with Crippen molar-refractivity contribution in [2.24, 2.45) is 0 Å². The fourth-order valence-electron chi connectivity index (χ4n) is 3.70. The molecule has 0 bridgehead atoms. The molecule has 1 atom stereocenters. The Morgan fingerprint density at radius 1 is 1.12 bits per heavy atom. The molecule has 0 unspecified atom stereocenters. The first-order chi connectivity index (χ1) is 15.5. The van der Waals surface area contributed by atoms with E-state index in [0.717, 1.165) is 12.8 Å². The van der Waals surface area contributed by atoms with E-state index in [1.165, 1.54) is 0 Å². The number of nitrogens with one attached hydrogen (secondary N) is 1. The monoisotopic (exact) mass is 432 g/mol. The molecule has 2 amide bonds. The lowest BCUT2D eigenvalue weighted by molar-refractivity contribution is 0.0704. The molecule has 2 aromatic heterocycles. The maximum atomic E-state index is 13.1. The van der Waals surface area contributed by atoms with Crippen molar-refractivity contribution in [1.82, 2.24) is 30.2 Å². The molecule has 0 spiro atoms. The Balaban J connectivity index is 1.43. The van der Waals surface area contributed by atoms with Crippen LogP contribution in [0.25, 0.3) is 0 Å². The number of rotatable bonds is 5. The normalized spacial score (nSPS) is 15.8. The lowest BCUT2D eigenvalue weighted by Gasteiger charge is -2.32. The van der Waals surface area contributed by atoms with Gasteiger partial charge >= 0.3 is 6.01 Å². The van der Waals surface area contributed by atoms with E-state index in [-0.39, 0.29) is 23.7 Å². The third-order valence-corrected chi connectivity index (χ3v) is 5.40. The van der Waals surface area contributed by atoms with E-state index >= 15 is 0 Å². The van der Waals surface area contributed by atoms with E-state index in [0.29, 0.717) is 41.5 Å². The van der Waals surface area contributed by atoms with Crippen molar-refractivity contribution in [2.45, 2.75) is 25.7 Å². The molecular formula is C23H24N6O3. The van der Waals surface area contributed by atoms with Crippen molar-refractivity contribution in [3.05, 3.63) is 71.6 Å². The second kappa shape index (κ2) is 9.51. The van der Waals surface area contributed by atoms with E-state index in [1.54, 1.807) is 62.9 Å². The number of amides is 2. The highest BCUT2D eigenvalue weighted by Gasteiger charge is 2.27. The SMILES string of the molecule is CNC(=O)c1cnc([C@@H]2CCCN(C(=O)c3ccc(Oc4ncccn4)cc3)C2)nc1C. The van der Waals surface area contributed by atoms with E-state index < -0.39 is 0 Å². The van der Waals surface area contributed by atoms with Gasteiger partial charge in [0, 0.05) is 50.2 Å². The zero-order valence-corrected chi connectivity index (χ0v) is 18.0. The highest BCUT2D eigenvalue weighted by atomic mass is 16.5. The van der Waals surface area contributed by atoms with E-state index in [2.05, 4.69) is 25.3 Å². The smallest absolute Gasteiger partial charge is 0.321 e. The Hall–Kier alpha value is -3.88. The Morgan fingerprint density at radius 2 is 1.88 bits per heavy atom. The molecule has 1 aliphatic rings. The van der Waals surface area contributed by atoms with Crippen LogP contribution >= 0.6 is 0 Å². The summed E-state index contributed by atoms with van der Waals surface area (Å²) in [7, 11) is 1.58. The van der Waals surface area contributed by atoms with Gasteiger partial charge in [0.2, 0.25) is 0 Å². The Labute approximate surface area is 185 Å². The van der Waals surface area contributed by atoms with Crippen molar-refractivity contribution < 1.29 is 14.3 Å². The van der Waals surface area contributed by atoms with Crippen molar-refractivity contribution in [3.63, 3.8) is 0 Å². The minimum atomic E-state index is -0.208. The van der Waals surface area contributed by atoms with Crippen molar-refractivity contribution in [1.29, 1.82) is 0 Å². The van der Waals surface area contributed by atoms with Gasteiger partial charge in [0.1, 0.15) is 11.6 Å². The topological polar surface area (TPSA) is 110 Å². The quantitative estimate of drug-likeness (QED) is 0.660. The van der Waals surface area contributed by atoms with Gasteiger partial charge in [-0.2, -0.15) is 0 Å². The number of ether oxygens (including phenoxy) is 1. The van der Waals surface area contributed by atoms with Gasteiger partial charge in [-0.3, -0.25) is 9.59 Å². The molecule has 32 heavy (non-hydrogen) atoms. The largest absolute Gasteiger partial charge is 0.424 e. The van der Waals surface area contributed by atoms with Crippen LogP contribution < -0.4 is 10.1 Å². The number of aromatic nitrogens is 4. The first-order valence-electron chi connectivity index (χ1n) is 10.4. The zero-order valence-electron chi connectivity index (χ0n) is 18.0. The lowest BCUT2D eigenvalue weighted by atomic mass is 9.96. The first-order valence-corrected chi connectivity index (χ1v) is 10.4. The molecule has 1 aromatic carbocycles. The standard InChI is InChI=1S/C23H24N6O3/c1-15-19(21(30)24-2)13-27-20(28-15)17-5-3-12-29(14-17)22(31)16-6-8-18(9-7-16)32-23-25-10-4-11-26-23/h4,6-11,13,17H,3,5,12,14H2,1-2H3,(H,24,30)/t17-/m1/s1. The summed E-state index contributed by atoms with van der Waals surface area (Å²) in [4.78, 5) is 43.8. The van der Waals surface area contributed by atoms with Gasteiger partial charge < -0.3 is 15.0 Å². The Bertz CT molecular complexity index is 1100. The molecule has 4 rings (SSSR count). The van der Waals surface area contributed by atoms with E-state index in [9.17, 15) is 9.59 Å². The van der Waals surface area contributed by atoms with Crippen LogP contribution in [0.2, 0.25) is 0 Å². The molecule has 9 nitrogen and oxygen atoms in total. The number of nitrogens with zero attached hydrogens (tertiary/aromatic N) is 5. The maximum Gasteiger partial charge on any atom is 0.321 e. The molecule has 1 N–H and O–H groups in total. The summed E-state index contributed by atoms with van der Waals surface area (Å²) in [6.07, 6.45) is 6.52. The summed E-state index contributed by atoms with van der Waals surface area (Å²) < 4.78 is 5.59. The number of carbonyl (C=O) groups excluding carboxylic acids is 2. The second-order valence-electron chi connectivity index (χ2n) is 7.55. The molecule has 0 saturated carbocycles. The number of likely N-dealkylation sites (tertiary alicyclic amines) is 1. The predicted octanol–water partition coefficient (Wildman–Crippen LogP) is 2.75. The summed E-state index contributed by atoms with van der Waals surface area (Å²) >= 11 is 0. The third-order valence-electron chi connectivity index (χ3n) is 5.40. The fourth-order valence-corrected chi connectivity index (χ4v) is 3.70. The van der Waals surface area contributed by atoms with Crippen LogP contribution in [0, 0.1) is 6.92 Å². The number of aryl methyl sites for hydroxylation is 1. The fraction of sp³-hybridized carbons (Fsp3) is 0.304. The summed E-state index contributed by atoms with van der Waals surface area (Å²) in [5.41, 5.74) is 1.68. The van der Waals surface area contributed by atoms with Gasteiger partial charge in [-0.1, -0.05) is 0 Å². The van der Waals surface area contributed by atoms with E-state index in [1.807, 2.05) is 4.90 Å². The van der Waals surface area contributed by atoms with Gasteiger partial charge in [-0.05, 0) is 50.1 Å². The minimum absolute atomic E-state index is 0.0305. The minimum Gasteiger partial charge on any atom is -0.424 e. The Morgan fingerprint density at radius 3 is 2.56 bits per heavy atom. The molecule has 9 heteroatoms. The number of hydrogen-bond donors (Lipinski definition) is 1. The van der Waals surface area contributed by atoms with Gasteiger partial charge in [0.25, 0.3) is 11.8 Å². The van der Waals surface area contributed by atoms with Gasteiger partial charge in [-0.25, -0.2) is 19.9 Å². The number of hydrogen-bond acceptors (Lipinski definition) is 7. The number of carbonyl (C=O) groups is 2. The highest BCUT2D eigenvalue weighted by molar-refractivity contribution is 5.95. The number of benzene rings is 1. The third kappa shape index (κ3) is 4.72. The van der Waals surface area contributed by atoms with Gasteiger partial charge in [0.15, 0.2) is 0 Å². The average molecular weight is 432 g/mol. The molecule has 3 aromatic rings. The molecule has 0 radical (unpaired) electrons. The van der Waals surface area contributed by atoms with Crippen LogP contribution in [0.15, 0.2) is 48.9 Å². The summed E-state index contributed by atoms with van der Waals surface area (Å²) in [6, 6.07) is 8.90. The van der Waals surface area contributed by atoms with Crippen molar-refractivity contribution in [3.8, 4) is 11.8 Å². The van der Waals surface area contributed by atoms with Crippen LogP contribution in [0.1, 0.15) is 51.0 Å². The van der Waals surface area contributed by atoms with Crippen LogP contribution in [0.3, 0.4) is 0 Å². The lowest BCUT2D eigenvalue weighted by Crippen LogP contribution is -2.39. The molecule has 0 aliphatic carbocycles. The Kier molecular flexibility index (Phi) is 6.34. The summed E-state index contributed by atoms with van der Waals surface area (Å²) in [5.74, 6) is 1.00. The van der Waals surface area contributed by atoms with Crippen LogP contribution in [0.5, 0.6) is 11.8 Å². The second-order valence-corrected chi connectivity index (χ2v) is 7.55. The molecule has 3 heterocycles. The first kappa shape index (κ1) is 21.4. The van der Waals surface area contributed by atoms with Crippen molar-refractivity contribution in [2.75, 3.05) is 20.1 Å². The van der Waals surface area contributed by atoms with Crippen molar-refractivity contribution >= 4 is 11.8 Å². The summed E-state index contributed by atoms with van der Waals surface area (Å²) in [6.45, 7) is 3.01. The number of piperidine rings is 1. The molecule has 1 aliphatic heterocycles. The molecule has 1 fully saturated rings. The van der Waals surface area contributed by atoms with Crippen LogP contribution in [0.4, 0.5) is 0 Å². The molecular weight excluding hydrogens is 408 g/mol. The molecule has 1 saturated heterocycles. The highest BCUT2D eigenvalue weighted by Crippen LogP contribution is 2.27. The average Bonchev–Trinajstić information content (AvgIpc) is 2.84. The summed E-state index contributed by atoms with van der Waals surface area (Å²) in [5, 5.41) is 2.59. The van der Waals surface area contributed by atoms with Crippen LogP contribution in [-0.4, -0.2) is 56.8 Å². The zero-order chi connectivity index (χ0) is 22.5.